The summed E-state index contributed by atoms with van der Waals surface area (Å²) in [5, 5.41) is 0. The molecule has 6 rings (SSSR count). The number of allylic oxidation sites excluding steroid dienone is 12. The zero-order valence-corrected chi connectivity index (χ0v) is 22.6. The number of fused-ring (bicyclic) bond motifs is 4. The van der Waals surface area contributed by atoms with Crippen LogP contribution in [0.5, 0.6) is 0 Å². The molecule has 0 atom stereocenters. The maximum absolute atomic E-state index is 5.25. The molecule has 182 valence electrons. The second-order valence-corrected chi connectivity index (χ2v) is 10.5. The molecule has 0 N–H and O–H groups in total. The molecule has 4 heteroatoms. The van der Waals surface area contributed by atoms with Crippen LogP contribution in [0.1, 0.15) is 80.6 Å². The lowest BCUT2D eigenvalue weighted by atomic mass is 9.85. The van der Waals surface area contributed by atoms with Crippen LogP contribution < -0.4 is 0 Å². The second-order valence-electron chi connectivity index (χ2n) is 10.5. The zero-order chi connectivity index (χ0) is 25.3. The molecule has 36 heavy (non-hydrogen) atoms. The van der Waals surface area contributed by atoms with Crippen LogP contribution in [0.25, 0.3) is 0 Å². The lowest BCUT2D eigenvalue weighted by Crippen LogP contribution is -2.11. The van der Waals surface area contributed by atoms with Gasteiger partial charge in [0, 0.05) is 5.57 Å². The Hall–Kier alpha value is -3.40. The number of nitrogens with zero attached hydrogens (tertiary/aromatic N) is 4. The molecular weight excluding hydrogens is 440 g/mol. The molecule has 5 heterocycles. The van der Waals surface area contributed by atoms with Gasteiger partial charge < -0.3 is 0 Å². The van der Waals surface area contributed by atoms with Crippen molar-refractivity contribution in [3.63, 3.8) is 0 Å². The van der Waals surface area contributed by atoms with E-state index in [1.165, 1.54) is 50.2 Å². The van der Waals surface area contributed by atoms with Gasteiger partial charge in [0.05, 0.1) is 45.6 Å². The van der Waals surface area contributed by atoms with Gasteiger partial charge in [0.2, 0.25) is 0 Å². The van der Waals surface area contributed by atoms with Crippen molar-refractivity contribution in [3.05, 3.63) is 91.2 Å². The van der Waals surface area contributed by atoms with Crippen LogP contribution in [-0.4, -0.2) is 22.8 Å². The molecule has 4 nitrogen and oxygen atoms in total. The minimum atomic E-state index is 0.944. The number of rotatable bonds is 2. The first kappa shape index (κ1) is 23.0. The molecule has 1 aliphatic carbocycles. The largest absolute Gasteiger partial charge is 0.248 e. The Bertz CT molecular complexity index is 1530. The Kier molecular flexibility index (Phi) is 5.33. The van der Waals surface area contributed by atoms with Gasteiger partial charge in [0.25, 0.3) is 0 Å². The monoisotopic (exact) mass is 474 g/mol. The van der Waals surface area contributed by atoms with Crippen molar-refractivity contribution in [2.75, 3.05) is 0 Å². The third-order valence-electron chi connectivity index (χ3n) is 8.62. The fourth-order valence-electron chi connectivity index (χ4n) is 6.20. The van der Waals surface area contributed by atoms with Gasteiger partial charge in [0.15, 0.2) is 0 Å². The van der Waals surface area contributed by atoms with Crippen LogP contribution in [0.2, 0.25) is 0 Å². The van der Waals surface area contributed by atoms with E-state index in [4.69, 9.17) is 20.0 Å². The Morgan fingerprint density at radius 1 is 0.556 bits per heavy atom. The van der Waals surface area contributed by atoms with Gasteiger partial charge in [-0.2, -0.15) is 0 Å². The third-order valence-corrected chi connectivity index (χ3v) is 8.62. The summed E-state index contributed by atoms with van der Waals surface area (Å²) in [6.07, 6.45) is 11.7. The molecule has 8 bridgehead atoms. The summed E-state index contributed by atoms with van der Waals surface area (Å²) in [6.45, 7) is 15.4. The molecule has 0 radical (unpaired) electrons. The lowest BCUT2D eigenvalue weighted by molar-refractivity contribution is 0.780. The minimum Gasteiger partial charge on any atom is -0.248 e. The fourth-order valence-corrected chi connectivity index (χ4v) is 6.20. The van der Waals surface area contributed by atoms with Crippen molar-refractivity contribution < 1.29 is 0 Å². The van der Waals surface area contributed by atoms with E-state index in [2.05, 4.69) is 66.7 Å². The van der Waals surface area contributed by atoms with Crippen molar-refractivity contribution >= 4 is 22.8 Å². The predicted molar refractivity (Wildman–Crippen MR) is 152 cm³/mol. The summed E-state index contributed by atoms with van der Waals surface area (Å²) in [4.78, 5) is 20.7. The first-order valence-electron chi connectivity index (χ1n) is 13.3. The molecule has 0 fully saturated rings. The van der Waals surface area contributed by atoms with Gasteiger partial charge in [-0.3, -0.25) is 0 Å². The second kappa shape index (κ2) is 8.33. The van der Waals surface area contributed by atoms with E-state index in [1.807, 2.05) is 0 Å². The average Bonchev–Trinajstić information content (AvgIpc) is 3.54. The van der Waals surface area contributed by atoms with Crippen LogP contribution in [0.3, 0.4) is 0 Å². The molecular formula is C32H34N4. The average molecular weight is 475 g/mol. The van der Waals surface area contributed by atoms with Crippen LogP contribution in [0, 0.1) is 0 Å². The van der Waals surface area contributed by atoms with E-state index in [-0.39, 0.29) is 0 Å². The summed E-state index contributed by atoms with van der Waals surface area (Å²) in [5.74, 6) is 0. The van der Waals surface area contributed by atoms with E-state index in [9.17, 15) is 0 Å². The van der Waals surface area contributed by atoms with Crippen LogP contribution >= 0.6 is 0 Å². The zero-order valence-electron chi connectivity index (χ0n) is 22.6. The van der Waals surface area contributed by atoms with E-state index < -0.39 is 0 Å². The molecule has 0 spiro atoms. The van der Waals surface area contributed by atoms with Crippen molar-refractivity contribution in [2.24, 2.45) is 20.0 Å². The Balaban J connectivity index is 1.67. The van der Waals surface area contributed by atoms with Crippen LogP contribution in [0.15, 0.2) is 111 Å². The van der Waals surface area contributed by atoms with Crippen LogP contribution in [-0.2, 0) is 0 Å². The minimum absolute atomic E-state index is 0.944. The smallest absolute Gasteiger partial charge is 0.0726 e. The van der Waals surface area contributed by atoms with Gasteiger partial charge >= 0.3 is 0 Å². The standard InChI is InChI=1S/C32H34N4/c1-8-21-18(5)27-13-25-16(3)17(4)26(33-25)14-28-19(6)22(9-2)31(35-28)24-12-10-11-23-20(7)29(36-32(23)24)15-30(21)34-27/h13-15H,8-12H2,1-7H3. The number of hydrogen-bond acceptors (Lipinski definition) is 4. The van der Waals surface area contributed by atoms with E-state index in [0.717, 1.165) is 77.7 Å². The molecule has 0 unspecified atom stereocenters. The van der Waals surface area contributed by atoms with Crippen molar-refractivity contribution in [2.45, 2.75) is 80.6 Å². The van der Waals surface area contributed by atoms with E-state index in [0.29, 0.717) is 0 Å². The maximum Gasteiger partial charge on any atom is 0.0726 e. The molecule has 0 saturated heterocycles. The van der Waals surface area contributed by atoms with Gasteiger partial charge in [-0.05, 0) is 130 Å². The van der Waals surface area contributed by atoms with Crippen molar-refractivity contribution in [1.82, 2.24) is 0 Å². The molecule has 0 saturated carbocycles. The molecule has 0 aromatic heterocycles. The quantitative estimate of drug-likeness (QED) is 0.389. The SMILES string of the molecule is CCC1=C(C)C2=NC1=CC1=NC3=C(CCCC3=C1C)C1=NC(=CC3=NC(=C2)C(C)=C3C)C(C)=C1CC. The van der Waals surface area contributed by atoms with Gasteiger partial charge in [0.1, 0.15) is 0 Å². The Morgan fingerprint density at radius 3 is 1.86 bits per heavy atom. The van der Waals surface area contributed by atoms with Gasteiger partial charge in [-0.25, -0.2) is 20.0 Å². The number of hydrogen-bond donors (Lipinski definition) is 0. The highest BCUT2D eigenvalue weighted by molar-refractivity contribution is 6.21. The third kappa shape index (κ3) is 3.27. The fraction of sp³-hybridized carbons (Fsp3) is 0.375. The highest BCUT2D eigenvalue weighted by Crippen LogP contribution is 2.43. The van der Waals surface area contributed by atoms with E-state index in [1.54, 1.807) is 0 Å². The molecule has 0 amide bonds. The van der Waals surface area contributed by atoms with Gasteiger partial charge in [-0.1, -0.05) is 13.8 Å². The highest BCUT2D eigenvalue weighted by Gasteiger charge is 2.32. The first-order valence-corrected chi connectivity index (χ1v) is 13.3. The topological polar surface area (TPSA) is 49.4 Å². The normalized spacial score (nSPS) is 23.4. The lowest BCUT2D eigenvalue weighted by Gasteiger charge is -2.20. The van der Waals surface area contributed by atoms with Gasteiger partial charge in [-0.15, -0.1) is 0 Å². The van der Waals surface area contributed by atoms with E-state index >= 15 is 0 Å². The highest BCUT2D eigenvalue weighted by atomic mass is 14.9. The molecule has 0 aromatic carbocycles. The molecule has 0 aromatic rings. The first-order chi connectivity index (χ1) is 17.3. The predicted octanol–water partition coefficient (Wildman–Crippen LogP) is 8.01. The summed E-state index contributed by atoms with van der Waals surface area (Å²) < 4.78 is 0. The maximum atomic E-state index is 5.25. The number of aliphatic imine (C=N–C) groups is 4. The van der Waals surface area contributed by atoms with Crippen molar-refractivity contribution in [3.8, 4) is 0 Å². The summed E-state index contributed by atoms with van der Waals surface area (Å²) >= 11 is 0. The Morgan fingerprint density at radius 2 is 1.14 bits per heavy atom. The molecule has 5 aliphatic heterocycles. The summed E-state index contributed by atoms with van der Waals surface area (Å²) in [6, 6.07) is 0. The van der Waals surface area contributed by atoms with Crippen LogP contribution in [0.4, 0.5) is 0 Å². The Labute approximate surface area is 214 Å². The van der Waals surface area contributed by atoms with Crippen molar-refractivity contribution in [1.29, 1.82) is 0 Å². The summed E-state index contributed by atoms with van der Waals surface area (Å²) in [5.41, 5.74) is 20.0. The molecule has 6 aliphatic rings. The summed E-state index contributed by atoms with van der Waals surface area (Å²) in [7, 11) is 0.